The van der Waals surface area contributed by atoms with Gasteiger partial charge in [-0.2, -0.15) is 0 Å². The van der Waals surface area contributed by atoms with Crippen LogP contribution in [-0.2, 0) is 17.9 Å². The molecule has 0 radical (unpaired) electrons. The Labute approximate surface area is 178 Å². The van der Waals surface area contributed by atoms with Crippen molar-refractivity contribution in [2.45, 2.75) is 49.9 Å². The van der Waals surface area contributed by atoms with Gasteiger partial charge in [-0.15, -0.1) is 5.10 Å². The highest BCUT2D eigenvalue weighted by molar-refractivity contribution is 8.14. The van der Waals surface area contributed by atoms with Crippen LogP contribution in [0, 0.1) is 0 Å². The summed E-state index contributed by atoms with van der Waals surface area (Å²) in [7, 11) is 1.59. The second kappa shape index (κ2) is 9.21. The first-order valence-corrected chi connectivity index (χ1v) is 10.6. The van der Waals surface area contributed by atoms with E-state index in [1.807, 2.05) is 31.2 Å². The molecule has 1 aromatic carbocycles. The summed E-state index contributed by atoms with van der Waals surface area (Å²) in [5.41, 5.74) is 0.300. The standard InChI is InChI=1S/C19H25N5O5S/c1-3-20-19-21-15-17(26)16(25)14(29-18(15)30-19)9-24-8-11(22-23-24)10-28-13-7-5-4-6-12(13)27-2/h4-8,14-18,25-26H,3,9-10H2,1-2H3,(H,20,21). The van der Waals surface area contributed by atoms with Crippen molar-refractivity contribution in [3.8, 4) is 11.5 Å². The van der Waals surface area contributed by atoms with Crippen molar-refractivity contribution in [1.82, 2.24) is 20.3 Å². The fourth-order valence-corrected chi connectivity index (χ4v) is 4.62. The van der Waals surface area contributed by atoms with Crippen molar-refractivity contribution >= 4 is 16.9 Å². The number of rotatable bonds is 7. The summed E-state index contributed by atoms with van der Waals surface area (Å²) < 4.78 is 18.6. The van der Waals surface area contributed by atoms with Crippen molar-refractivity contribution in [3.05, 3.63) is 36.2 Å². The van der Waals surface area contributed by atoms with Gasteiger partial charge in [0.15, 0.2) is 16.7 Å². The maximum Gasteiger partial charge on any atom is 0.161 e. The molecule has 3 N–H and O–H groups in total. The average molecular weight is 436 g/mol. The van der Waals surface area contributed by atoms with Crippen LogP contribution in [0.2, 0.25) is 0 Å². The minimum atomic E-state index is -1.06. The van der Waals surface area contributed by atoms with Gasteiger partial charge in [0.05, 0.1) is 25.9 Å². The molecular formula is C19H25N5O5S. The maximum atomic E-state index is 10.5. The van der Waals surface area contributed by atoms with Gasteiger partial charge in [-0.05, 0) is 19.1 Å². The second-order valence-corrected chi connectivity index (χ2v) is 8.05. The quantitative estimate of drug-likeness (QED) is 0.567. The molecule has 10 nitrogen and oxygen atoms in total. The van der Waals surface area contributed by atoms with E-state index in [0.717, 1.165) is 5.17 Å². The number of hydrogen-bond acceptors (Lipinski definition) is 9. The van der Waals surface area contributed by atoms with Crippen LogP contribution < -0.4 is 14.8 Å². The Morgan fingerprint density at radius 3 is 2.83 bits per heavy atom. The molecule has 0 bridgehead atoms. The van der Waals surface area contributed by atoms with Crippen molar-refractivity contribution in [1.29, 1.82) is 0 Å². The molecule has 0 aliphatic carbocycles. The average Bonchev–Trinajstić information content (AvgIpc) is 3.37. The summed E-state index contributed by atoms with van der Waals surface area (Å²) in [5, 5.41) is 33.1. The first-order valence-electron chi connectivity index (χ1n) is 9.73. The maximum absolute atomic E-state index is 10.5. The molecule has 2 fully saturated rings. The minimum absolute atomic E-state index is 0.221. The molecular weight excluding hydrogens is 410 g/mol. The van der Waals surface area contributed by atoms with Crippen molar-refractivity contribution in [2.24, 2.45) is 4.99 Å². The number of benzene rings is 1. The Balaban J connectivity index is 1.37. The van der Waals surface area contributed by atoms with Gasteiger partial charge >= 0.3 is 0 Å². The number of amidine groups is 1. The molecule has 0 amide bonds. The van der Waals surface area contributed by atoms with Gasteiger partial charge in [-0.1, -0.05) is 29.1 Å². The van der Waals surface area contributed by atoms with E-state index >= 15 is 0 Å². The number of aliphatic hydroxyl groups excluding tert-OH is 2. The number of hydrogen-bond donors (Lipinski definition) is 3. The van der Waals surface area contributed by atoms with E-state index in [9.17, 15) is 10.2 Å². The van der Waals surface area contributed by atoms with Crippen molar-refractivity contribution in [2.75, 3.05) is 13.7 Å². The second-order valence-electron chi connectivity index (χ2n) is 6.96. The van der Waals surface area contributed by atoms with Gasteiger partial charge < -0.3 is 29.7 Å². The summed E-state index contributed by atoms with van der Waals surface area (Å²) in [6, 6.07) is 6.97. The number of nitrogens with one attached hydrogen (secondary N) is 1. The third-order valence-corrected chi connectivity index (χ3v) is 6.03. The van der Waals surface area contributed by atoms with Crippen LogP contribution in [0.25, 0.3) is 0 Å². The predicted molar refractivity (Wildman–Crippen MR) is 111 cm³/mol. The number of thioether (sulfide) groups is 1. The first-order chi connectivity index (χ1) is 14.6. The summed E-state index contributed by atoms with van der Waals surface area (Å²) in [4.78, 5) is 4.32. The number of aliphatic imine (C=N–C) groups is 1. The Hall–Kier alpha value is -2.34. The van der Waals surface area contributed by atoms with E-state index in [2.05, 4.69) is 20.6 Å². The van der Waals surface area contributed by atoms with Crippen LogP contribution in [0.4, 0.5) is 0 Å². The van der Waals surface area contributed by atoms with Gasteiger partial charge in [-0.3, -0.25) is 4.99 Å². The van der Waals surface area contributed by atoms with Crippen LogP contribution in [0.5, 0.6) is 11.5 Å². The van der Waals surface area contributed by atoms with Gasteiger partial charge in [0.25, 0.3) is 0 Å². The summed E-state index contributed by atoms with van der Waals surface area (Å²) in [6.45, 7) is 3.05. The van der Waals surface area contributed by atoms with Gasteiger partial charge in [0.1, 0.15) is 36.0 Å². The highest BCUT2D eigenvalue weighted by atomic mass is 32.2. The third-order valence-electron chi connectivity index (χ3n) is 4.92. The van der Waals surface area contributed by atoms with E-state index in [0.29, 0.717) is 23.7 Å². The number of fused-ring (bicyclic) bond motifs is 1. The lowest BCUT2D eigenvalue weighted by Gasteiger charge is -2.38. The zero-order chi connectivity index (χ0) is 21.1. The Morgan fingerprint density at radius 1 is 1.27 bits per heavy atom. The molecule has 2 aliphatic rings. The van der Waals surface area contributed by atoms with E-state index in [-0.39, 0.29) is 18.6 Å². The highest BCUT2D eigenvalue weighted by Crippen LogP contribution is 2.34. The molecule has 30 heavy (non-hydrogen) atoms. The number of aliphatic hydroxyl groups is 2. The Bertz CT molecular complexity index is 894. The first kappa shape index (κ1) is 20.9. The molecule has 0 spiro atoms. The lowest BCUT2D eigenvalue weighted by Crippen LogP contribution is -2.59. The molecule has 0 saturated carbocycles. The molecule has 5 unspecified atom stereocenters. The van der Waals surface area contributed by atoms with E-state index in [1.54, 1.807) is 18.0 Å². The van der Waals surface area contributed by atoms with Crippen molar-refractivity contribution in [3.63, 3.8) is 0 Å². The van der Waals surface area contributed by atoms with Crippen LogP contribution in [0.1, 0.15) is 12.6 Å². The Kier molecular flexibility index (Phi) is 6.42. The van der Waals surface area contributed by atoms with Crippen LogP contribution in [0.3, 0.4) is 0 Å². The molecule has 2 aromatic rings. The van der Waals surface area contributed by atoms with Crippen molar-refractivity contribution < 1.29 is 24.4 Å². The molecule has 3 heterocycles. The SMILES string of the molecule is CCN=C1NC2C(OC(Cn3cc(COc4ccccc4OC)nn3)C(O)C2O)S1. The summed E-state index contributed by atoms with van der Waals surface area (Å²) in [5.74, 6) is 1.26. The van der Waals surface area contributed by atoms with Gasteiger partial charge in [0, 0.05) is 6.54 Å². The number of nitrogens with zero attached hydrogens (tertiary/aromatic N) is 4. The van der Waals surface area contributed by atoms with Crippen LogP contribution in [-0.4, -0.2) is 73.8 Å². The summed E-state index contributed by atoms with van der Waals surface area (Å²) in [6.07, 6.45) is -0.921. The fourth-order valence-electron chi connectivity index (χ4n) is 3.42. The number of aromatic nitrogens is 3. The molecule has 2 aliphatic heterocycles. The predicted octanol–water partition coefficient (Wildman–Crippen LogP) is 0.393. The molecule has 162 valence electrons. The largest absolute Gasteiger partial charge is 0.493 e. The molecule has 4 rings (SSSR count). The van der Waals surface area contributed by atoms with E-state index < -0.39 is 24.4 Å². The third kappa shape index (κ3) is 4.38. The molecule has 2 saturated heterocycles. The lowest BCUT2D eigenvalue weighted by molar-refractivity contribution is -0.160. The zero-order valence-electron chi connectivity index (χ0n) is 16.7. The van der Waals surface area contributed by atoms with E-state index in [1.165, 1.54) is 11.8 Å². The Morgan fingerprint density at radius 2 is 2.07 bits per heavy atom. The lowest BCUT2D eigenvalue weighted by atomic mass is 9.98. The monoisotopic (exact) mass is 435 g/mol. The topological polar surface area (TPSA) is 123 Å². The van der Waals surface area contributed by atoms with Gasteiger partial charge in [0.2, 0.25) is 0 Å². The van der Waals surface area contributed by atoms with Crippen LogP contribution >= 0.6 is 11.8 Å². The number of ether oxygens (including phenoxy) is 3. The number of para-hydroxylation sites is 2. The minimum Gasteiger partial charge on any atom is -0.493 e. The highest BCUT2D eigenvalue weighted by Gasteiger charge is 2.49. The molecule has 11 heteroatoms. The van der Waals surface area contributed by atoms with E-state index in [4.69, 9.17) is 14.2 Å². The van der Waals surface area contributed by atoms with Gasteiger partial charge in [-0.25, -0.2) is 4.68 Å². The summed E-state index contributed by atoms with van der Waals surface area (Å²) >= 11 is 1.42. The zero-order valence-corrected chi connectivity index (χ0v) is 17.5. The smallest absolute Gasteiger partial charge is 0.161 e. The molecule has 5 atom stereocenters. The number of methoxy groups -OCH3 is 1. The fraction of sp³-hybridized carbons (Fsp3) is 0.526. The normalized spacial score (nSPS) is 29.5. The molecule has 1 aromatic heterocycles. The van der Waals surface area contributed by atoms with Crippen LogP contribution in [0.15, 0.2) is 35.5 Å².